The third kappa shape index (κ3) is 4.41. The molecule has 0 unspecified atom stereocenters. The molecule has 0 N–H and O–H groups in total. The van der Waals surface area contributed by atoms with Crippen molar-refractivity contribution in [3.63, 3.8) is 0 Å². The first kappa shape index (κ1) is 21.8. The van der Waals surface area contributed by atoms with Gasteiger partial charge in [-0.25, -0.2) is 4.98 Å². The molecule has 2 aromatic heterocycles. The van der Waals surface area contributed by atoms with Gasteiger partial charge in [-0.15, -0.1) is 0 Å². The van der Waals surface area contributed by atoms with Crippen molar-refractivity contribution in [3.05, 3.63) is 83.0 Å². The molecule has 1 aliphatic rings. The summed E-state index contributed by atoms with van der Waals surface area (Å²) in [6, 6.07) is 21.5. The molecule has 0 saturated carbocycles. The lowest BCUT2D eigenvalue weighted by Crippen LogP contribution is -2.35. The quantitative estimate of drug-likeness (QED) is 0.457. The van der Waals surface area contributed by atoms with Gasteiger partial charge in [-0.2, -0.15) is 5.26 Å². The van der Waals surface area contributed by atoms with E-state index in [4.69, 9.17) is 9.78 Å². The number of nitriles is 1. The van der Waals surface area contributed by atoms with Crippen LogP contribution in [0.3, 0.4) is 0 Å². The Morgan fingerprint density at radius 2 is 1.85 bits per heavy atom. The molecule has 0 atom stereocenters. The molecule has 34 heavy (non-hydrogen) atoms. The van der Waals surface area contributed by atoms with Crippen LogP contribution in [0.15, 0.2) is 65.2 Å². The minimum atomic E-state index is -0.0175. The third-order valence-corrected chi connectivity index (χ3v) is 6.28. The summed E-state index contributed by atoms with van der Waals surface area (Å²) in [5, 5.41) is 13.8. The topological polar surface area (TPSA) is 86.3 Å². The summed E-state index contributed by atoms with van der Waals surface area (Å²) < 4.78 is 5.45. The normalized spacial score (nSPS) is 14.6. The summed E-state index contributed by atoms with van der Waals surface area (Å²) in [6.45, 7) is 5.68. The zero-order valence-electron chi connectivity index (χ0n) is 19.1. The second kappa shape index (κ2) is 9.46. The van der Waals surface area contributed by atoms with Crippen molar-refractivity contribution < 1.29 is 9.32 Å². The van der Waals surface area contributed by atoms with Crippen molar-refractivity contribution in [2.45, 2.75) is 19.9 Å². The molecule has 1 aliphatic heterocycles. The van der Waals surface area contributed by atoms with Gasteiger partial charge in [0.05, 0.1) is 34.0 Å². The average molecular weight is 452 g/mol. The summed E-state index contributed by atoms with van der Waals surface area (Å²) in [6.07, 6.45) is 0.893. The van der Waals surface area contributed by atoms with E-state index in [1.807, 2.05) is 72.5 Å². The number of fused-ring (bicyclic) bond motifs is 1. The summed E-state index contributed by atoms with van der Waals surface area (Å²) >= 11 is 0. The fourth-order valence-corrected chi connectivity index (χ4v) is 4.47. The number of hydrogen-bond donors (Lipinski definition) is 0. The van der Waals surface area contributed by atoms with Gasteiger partial charge in [0.2, 0.25) is 0 Å². The molecule has 0 spiro atoms. The molecule has 0 bridgehead atoms. The number of pyridine rings is 1. The molecule has 4 aromatic rings. The lowest BCUT2D eigenvalue weighted by Gasteiger charge is -2.22. The summed E-state index contributed by atoms with van der Waals surface area (Å²) in [7, 11) is 0. The van der Waals surface area contributed by atoms with E-state index in [9.17, 15) is 4.79 Å². The first-order valence-corrected chi connectivity index (χ1v) is 11.5. The van der Waals surface area contributed by atoms with Crippen LogP contribution in [0.4, 0.5) is 0 Å². The predicted octanol–water partition coefficient (Wildman–Crippen LogP) is 4.42. The average Bonchev–Trinajstić information content (AvgIpc) is 3.10. The highest BCUT2D eigenvalue weighted by molar-refractivity contribution is 6.07. The van der Waals surface area contributed by atoms with Gasteiger partial charge in [0.25, 0.3) is 11.6 Å². The van der Waals surface area contributed by atoms with E-state index in [1.165, 1.54) is 5.56 Å². The Labute approximate surface area is 198 Å². The molecule has 0 aliphatic carbocycles. The molecule has 5 rings (SSSR count). The number of amides is 1. The fourth-order valence-electron chi connectivity index (χ4n) is 4.47. The van der Waals surface area contributed by atoms with E-state index in [0.29, 0.717) is 46.7 Å². The van der Waals surface area contributed by atoms with Gasteiger partial charge in [0, 0.05) is 38.3 Å². The molecule has 7 nitrogen and oxygen atoms in total. The highest BCUT2D eigenvalue weighted by Crippen LogP contribution is 2.28. The zero-order chi connectivity index (χ0) is 23.5. The van der Waals surface area contributed by atoms with Crippen LogP contribution in [0.5, 0.6) is 0 Å². The van der Waals surface area contributed by atoms with Crippen LogP contribution >= 0.6 is 0 Å². The van der Waals surface area contributed by atoms with Crippen LogP contribution in [0.25, 0.3) is 22.4 Å². The van der Waals surface area contributed by atoms with E-state index in [1.54, 1.807) is 0 Å². The fraction of sp³-hybridized carbons (Fsp3) is 0.259. The SMILES string of the molecule is Cc1noc2nc(-c3ccccc3)cc(C(=O)N3CCCN(Cc4ccc(C#N)cc4)CC3)c12. The predicted molar refractivity (Wildman–Crippen MR) is 129 cm³/mol. The Hall–Kier alpha value is -4.02. The molecule has 3 heterocycles. The number of nitrogens with zero attached hydrogens (tertiary/aromatic N) is 5. The molecule has 0 radical (unpaired) electrons. The van der Waals surface area contributed by atoms with Crippen LogP contribution in [-0.2, 0) is 6.54 Å². The Bertz CT molecular complexity index is 1360. The second-order valence-electron chi connectivity index (χ2n) is 8.60. The zero-order valence-corrected chi connectivity index (χ0v) is 19.1. The summed E-state index contributed by atoms with van der Waals surface area (Å²) in [5.74, 6) is -0.0175. The van der Waals surface area contributed by atoms with E-state index in [2.05, 4.69) is 21.1 Å². The van der Waals surface area contributed by atoms with Crippen LogP contribution in [0, 0.1) is 18.3 Å². The first-order valence-electron chi connectivity index (χ1n) is 11.5. The number of carbonyl (C=O) groups is 1. The monoisotopic (exact) mass is 451 g/mol. The van der Waals surface area contributed by atoms with E-state index in [-0.39, 0.29) is 5.91 Å². The maximum absolute atomic E-state index is 13.7. The summed E-state index contributed by atoms with van der Waals surface area (Å²) in [5.41, 5.74) is 5.10. The van der Waals surface area contributed by atoms with E-state index < -0.39 is 0 Å². The second-order valence-corrected chi connectivity index (χ2v) is 8.60. The van der Waals surface area contributed by atoms with Crippen LogP contribution in [0.2, 0.25) is 0 Å². The third-order valence-electron chi connectivity index (χ3n) is 6.28. The van der Waals surface area contributed by atoms with Crippen LogP contribution in [0.1, 0.15) is 33.6 Å². The van der Waals surface area contributed by atoms with Crippen molar-refractivity contribution in [1.29, 1.82) is 5.26 Å². The number of carbonyl (C=O) groups excluding carboxylic acids is 1. The van der Waals surface area contributed by atoms with Gasteiger partial charge in [0.1, 0.15) is 0 Å². The number of rotatable bonds is 4. The lowest BCUT2D eigenvalue weighted by atomic mass is 10.0. The standard InChI is InChI=1S/C27H25N5O2/c1-19-25-23(16-24(29-26(25)34-30-19)22-6-3-2-4-7-22)27(33)32-13-5-12-31(14-15-32)18-21-10-8-20(17-28)9-11-21/h2-4,6-11,16H,5,12-15,18H2,1H3. The number of aryl methyl sites for hydroxylation is 1. The number of benzene rings is 2. The molecule has 7 heteroatoms. The van der Waals surface area contributed by atoms with Gasteiger partial charge >= 0.3 is 0 Å². The highest BCUT2D eigenvalue weighted by atomic mass is 16.5. The molecular formula is C27H25N5O2. The molecule has 1 fully saturated rings. The maximum Gasteiger partial charge on any atom is 0.259 e. The van der Waals surface area contributed by atoms with Crippen LogP contribution in [-0.4, -0.2) is 52.0 Å². The largest absolute Gasteiger partial charge is 0.337 e. The smallest absolute Gasteiger partial charge is 0.259 e. The Morgan fingerprint density at radius 1 is 1.06 bits per heavy atom. The number of aromatic nitrogens is 2. The van der Waals surface area contributed by atoms with Gasteiger partial charge in [-0.1, -0.05) is 47.6 Å². The van der Waals surface area contributed by atoms with Crippen molar-refractivity contribution in [3.8, 4) is 17.3 Å². The minimum Gasteiger partial charge on any atom is -0.337 e. The van der Waals surface area contributed by atoms with Crippen LogP contribution < -0.4 is 0 Å². The Morgan fingerprint density at radius 3 is 2.62 bits per heavy atom. The molecule has 2 aromatic carbocycles. The van der Waals surface area contributed by atoms with Crippen molar-refractivity contribution in [2.75, 3.05) is 26.2 Å². The highest BCUT2D eigenvalue weighted by Gasteiger charge is 2.25. The van der Waals surface area contributed by atoms with Crippen molar-refractivity contribution in [1.82, 2.24) is 19.9 Å². The number of hydrogen-bond acceptors (Lipinski definition) is 6. The Kier molecular flexibility index (Phi) is 6.07. The van der Waals surface area contributed by atoms with Gasteiger partial charge in [-0.05, 0) is 37.1 Å². The molecule has 1 amide bonds. The first-order chi connectivity index (χ1) is 16.6. The van der Waals surface area contributed by atoms with E-state index >= 15 is 0 Å². The molecule has 1 saturated heterocycles. The van der Waals surface area contributed by atoms with Gasteiger partial charge < -0.3 is 9.42 Å². The molecular weight excluding hydrogens is 426 g/mol. The van der Waals surface area contributed by atoms with E-state index in [0.717, 1.165) is 31.6 Å². The molecule has 170 valence electrons. The van der Waals surface area contributed by atoms with Crippen molar-refractivity contribution >= 4 is 17.0 Å². The Balaban J connectivity index is 1.37. The lowest BCUT2D eigenvalue weighted by molar-refractivity contribution is 0.0763. The van der Waals surface area contributed by atoms with Crippen molar-refractivity contribution in [2.24, 2.45) is 0 Å². The summed E-state index contributed by atoms with van der Waals surface area (Å²) in [4.78, 5) is 22.6. The van der Waals surface area contributed by atoms with Gasteiger partial charge in [-0.3, -0.25) is 9.69 Å². The minimum absolute atomic E-state index is 0.0175. The maximum atomic E-state index is 13.7. The van der Waals surface area contributed by atoms with Gasteiger partial charge in [0.15, 0.2) is 0 Å².